The van der Waals surface area contributed by atoms with E-state index >= 15 is 0 Å². The van der Waals surface area contributed by atoms with Crippen LogP contribution in [0, 0.1) is 0 Å². The van der Waals surface area contributed by atoms with Gasteiger partial charge in [-0.1, -0.05) is 36.4 Å². The summed E-state index contributed by atoms with van der Waals surface area (Å²) in [6.45, 7) is 0. The summed E-state index contributed by atoms with van der Waals surface area (Å²) in [4.78, 5) is 0. The molecule has 0 saturated heterocycles. The highest BCUT2D eigenvalue weighted by Crippen LogP contribution is 2.24. The molecular weight excluding hydrogens is 274 g/mol. The number of alkyl halides is 2. The first-order chi connectivity index (χ1) is 10.1. The van der Waals surface area contributed by atoms with Crippen molar-refractivity contribution in [1.82, 2.24) is 0 Å². The first kappa shape index (κ1) is 15.4. The van der Waals surface area contributed by atoms with Crippen LogP contribution in [0.15, 0.2) is 48.5 Å². The van der Waals surface area contributed by atoms with Gasteiger partial charge in [-0.2, -0.15) is 0 Å². The van der Waals surface area contributed by atoms with Crippen molar-refractivity contribution in [3.05, 3.63) is 65.2 Å². The highest BCUT2D eigenvalue weighted by molar-refractivity contribution is 5.28. The lowest BCUT2D eigenvalue weighted by Gasteiger charge is -2.12. The number of methoxy groups -OCH3 is 1. The van der Waals surface area contributed by atoms with Gasteiger partial charge in [-0.3, -0.25) is 0 Å². The van der Waals surface area contributed by atoms with E-state index in [0.29, 0.717) is 18.4 Å². The van der Waals surface area contributed by atoms with Crippen molar-refractivity contribution in [3.63, 3.8) is 0 Å². The van der Waals surface area contributed by atoms with Crippen molar-refractivity contribution in [2.75, 3.05) is 7.11 Å². The molecule has 21 heavy (non-hydrogen) atoms. The number of aryl methyl sites for hydroxylation is 1. The summed E-state index contributed by atoms with van der Waals surface area (Å²) in [5.41, 5.74) is 1.73. The van der Waals surface area contributed by atoms with Crippen molar-refractivity contribution in [2.24, 2.45) is 0 Å². The third kappa shape index (κ3) is 4.26. The zero-order valence-corrected chi connectivity index (χ0v) is 11.8. The number of aliphatic hydroxyl groups is 1. The van der Waals surface area contributed by atoms with E-state index in [1.807, 2.05) is 24.3 Å². The van der Waals surface area contributed by atoms with Crippen LogP contribution < -0.4 is 4.74 Å². The Morgan fingerprint density at radius 1 is 0.952 bits per heavy atom. The standard InChI is InChI=1S/C17H18F2O2/c1-21-15-9-2-12(3-10-15)4-11-16(20)13-5-7-14(8-6-13)17(18)19/h2-3,5-10,16-17,20H,4,11H2,1H3. The molecular formula is C17H18F2O2. The maximum atomic E-state index is 12.5. The van der Waals surface area contributed by atoms with Gasteiger partial charge < -0.3 is 9.84 Å². The van der Waals surface area contributed by atoms with E-state index in [1.54, 1.807) is 19.2 Å². The number of aliphatic hydroxyl groups excluding tert-OH is 1. The molecule has 0 radical (unpaired) electrons. The third-order valence-corrected chi connectivity index (χ3v) is 3.44. The SMILES string of the molecule is COc1ccc(CCC(O)c2ccc(C(F)F)cc2)cc1. The van der Waals surface area contributed by atoms with Crippen LogP contribution in [0.25, 0.3) is 0 Å². The molecule has 2 rings (SSSR count). The van der Waals surface area contributed by atoms with Gasteiger partial charge in [0.2, 0.25) is 0 Å². The Morgan fingerprint density at radius 3 is 2.05 bits per heavy atom. The zero-order valence-electron chi connectivity index (χ0n) is 11.8. The Kier molecular flexibility index (Phi) is 5.28. The number of rotatable bonds is 6. The maximum Gasteiger partial charge on any atom is 0.263 e. The minimum atomic E-state index is -2.48. The Hall–Kier alpha value is -1.94. The summed E-state index contributed by atoms with van der Waals surface area (Å²) in [6, 6.07) is 13.5. The third-order valence-electron chi connectivity index (χ3n) is 3.44. The first-order valence-corrected chi connectivity index (χ1v) is 6.79. The monoisotopic (exact) mass is 292 g/mol. The summed E-state index contributed by atoms with van der Waals surface area (Å²) in [5.74, 6) is 0.793. The molecule has 0 bridgehead atoms. The number of halogens is 2. The van der Waals surface area contributed by atoms with Gasteiger partial charge in [-0.15, -0.1) is 0 Å². The second-order valence-corrected chi connectivity index (χ2v) is 4.87. The van der Waals surface area contributed by atoms with E-state index in [0.717, 1.165) is 11.3 Å². The molecule has 0 spiro atoms. The van der Waals surface area contributed by atoms with Crippen molar-refractivity contribution < 1.29 is 18.6 Å². The van der Waals surface area contributed by atoms with Gasteiger partial charge in [0.1, 0.15) is 5.75 Å². The molecule has 2 aromatic carbocycles. The van der Waals surface area contributed by atoms with Crippen LogP contribution in [0.5, 0.6) is 5.75 Å². The molecule has 2 nitrogen and oxygen atoms in total. The molecule has 0 saturated carbocycles. The molecule has 2 aromatic rings. The fraction of sp³-hybridized carbons (Fsp3) is 0.294. The van der Waals surface area contributed by atoms with Crippen LogP contribution >= 0.6 is 0 Å². The molecule has 112 valence electrons. The van der Waals surface area contributed by atoms with Gasteiger partial charge in [0, 0.05) is 5.56 Å². The van der Waals surface area contributed by atoms with Crippen LogP contribution in [-0.2, 0) is 6.42 Å². The number of benzene rings is 2. The van der Waals surface area contributed by atoms with E-state index in [1.165, 1.54) is 12.1 Å². The van der Waals surface area contributed by atoms with Gasteiger partial charge in [-0.05, 0) is 36.1 Å². The molecule has 4 heteroatoms. The van der Waals surface area contributed by atoms with E-state index in [4.69, 9.17) is 4.74 Å². The second-order valence-electron chi connectivity index (χ2n) is 4.87. The summed E-state index contributed by atoms with van der Waals surface area (Å²) in [6.07, 6.45) is -1.88. The van der Waals surface area contributed by atoms with E-state index in [2.05, 4.69) is 0 Å². The number of ether oxygens (including phenoxy) is 1. The highest BCUT2D eigenvalue weighted by atomic mass is 19.3. The van der Waals surface area contributed by atoms with Gasteiger partial charge in [0.15, 0.2) is 0 Å². The Bertz CT molecular complexity index is 550. The summed E-state index contributed by atoms with van der Waals surface area (Å²) in [5, 5.41) is 10.1. The maximum absolute atomic E-state index is 12.5. The molecule has 0 fully saturated rings. The lowest BCUT2D eigenvalue weighted by atomic mass is 10.0. The number of hydrogen-bond donors (Lipinski definition) is 1. The lowest BCUT2D eigenvalue weighted by Crippen LogP contribution is -2.00. The van der Waals surface area contributed by atoms with Crippen molar-refractivity contribution in [1.29, 1.82) is 0 Å². The van der Waals surface area contributed by atoms with E-state index in [9.17, 15) is 13.9 Å². The normalized spacial score (nSPS) is 12.4. The average Bonchev–Trinajstić information content (AvgIpc) is 2.53. The van der Waals surface area contributed by atoms with Gasteiger partial charge in [-0.25, -0.2) is 8.78 Å². The molecule has 0 aromatic heterocycles. The number of hydrogen-bond acceptors (Lipinski definition) is 2. The van der Waals surface area contributed by atoms with Gasteiger partial charge >= 0.3 is 0 Å². The summed E-state index contributed by atoms with van der Waals surface area (Å²) < 4.78 is 30.0. The predicted octanol–water partition coefficient (Wildman–Crippen LogP) is 4.30. The first-order valence-electron chi connectivity index (χ1n) is 6.79. The largest absolute Gasteiger partial charge is 0.497 e. The van der Waals surface area contributed by atoms with Crippen LogP contribution in [0.3, 0.4) is 0 Å². The second kappa shape index (κ2) is 7.18. The quantitative estimate of drug-likeness (QED) is 0.860. The summed E-state index contributed by atoms with van der Waals surface area (Å²) >= 11 is 0. The van der Waals surface area contributed by atoms with Gasteiger partial charge in [0.05, 0.1) is 13.2 Å². The Balaban J connectivity index is 1.92. The molecule has 0 amide bonds. The molecule has 0 heterocycles. The Labute approximate surface area is 123 Å². The lowest BCUT2D eigenvalue weighted by molar-refractivity contribution is 0.150. The van der Waals surface area contributed by atoms with E-state index < -0.39 is 12.5 Å². The smallest absolute Gasteiger partial charge is 0.263 e. The average molecular weight is 292 g/mol. The van der Waals surface area contributed by atoms with Crippen molar-refractivity contribution >= 4 is 0 Å². The molecule has 0 aliphatic rings. The minimum absolute atomic E-state index is 0.0268. The minimum Gasteiger partial charge on any atom is -0.497 e. The topological polar surface area (TPSA) is 29.5 Å². The molecule has 0 aliphatic heterocycles. The van der Waals surface area contributed by atoms with Crippen LogP contribution in [0.4, 0.5) is 8.78 Å². The van der Waals surface area contributed by atoms with Gasteiger partial charge in [0.25, 0.3) is 6.43 Å². The molecule has 1 atom stereocenters. The fourth-order valence-electron chi connectivity index (χ4n) is 2.13. The van der Waals surface area contributed by atoms with Crippen LogP contribution in [0.1, 0.15) is 35.6 Å². The van der Waals surface area contributed by atoms with Crippen LogP contribution in [0.2, 0.25) is 0 Å². The predicted molar refractivity (Wildman–Crippen MR) is 77.7 cm³/mol. The molecule has 0 aliphatic carbocycles. The van der Waals surface area contributed by atoms with Crippen LogP contribution in [-0.4, -0.2) is 12.2 Å². The Morgan fingerprint density at radius 2 is 1.52 bits per heavy atom. The van der Waals surface area contributed by atoms with E-state index in [-0.39, 0.29) is 5.56 Å². The fourth-order valence-corrected chi connectivity index (χ4v) is 2.13. The highest BCUT2D eigenvalue weighted by Gasteiger charge is 2.10. The summed E-state index contributed by atoms with van der Waals surface area (Å²) in [7, 11) is 1.61. The van der Waals surface area contributed by atoms with Crippen molar-refractivity contribution in [2.45, 2.75) is 25.4 Å². The molecule has 1 N–H and O–H groups in total. The zero-order chi connectivity index (χ0) is 15.2. The van der Waals surface area contributed by atoms with Crippen molar-refractivity contribution in [3.8, 4) is 5.75 Å². The molecule has 1 unspecified atom stereocenters.